The smallest absolute Gasteiger partial charge is 0.273 e. The van der Waals surface area contributed by atoms with Gasteiger partial charge in [0.2, 0.25) is 0 Å². The highest BCUT2D eigenvalue weighted by molar-refractivity contribution is 7.21. The van der Waals surface area contributed by atoms with E-state index in [4.69, 9.17) is 0 Å². The van der Waals surface area contributed by atoms with Gasteiger partial charge in [0.25, 0.3) is 5.91 Å². The Balaban J connectivity index is 1.67. The summed E-state index contributed by atoms with van der Waals surface area (Å²) in [7, 11) is 0. The molecule has 4 aromatic rings. The van der Waals surface area contributed by atoms with Gasteiger partial charge in [-0.15, -0.1) is 11.3 Å². The Morgan fingerprint density at radius 2 is 2.08 bits per heavy atom. The number of phenols is 1. The molecule has 0 aliphatic heterocycles. The molecule has 0 fully saturated rings. The van der Waals surface area contributed by atoms with Gasteiger partial charge >= 0.3 is 0 Å². The van der Waals surface area contributed by atoms with Crippen LogP contribution in [0.1, 0.15) is 17.4 Å². The molecular weight excluding hydrogens is 348 g/mol. The van der Waals surface area contributed by atoms with Gasteiger partial charge in [-0.05, 0) is 43.3 Å². The van der Waals surface area contributed by atoms with Crippen molar-refractivity contribution in [2.45, 2.75) is 13.5 Å². The van der Waals surface area contributed by atoms with E-state index in [-0.39, 0.29) is 11.7 Å². The summed E-state index contributed by atoms with van der Waals surface area (Å²) in [6.45, 7) is 2.54. The van der Waals surface area contributed by atoms with Crippen LogP contribution in [0.5, 0.6) is 5.75 Å². The lowest BCUT2D eigenvalue weighted by Gasteiger charge is -2.09. The number of hydrogen-bond donors (Lipinski definition) is 2. The third kappa shape index (κ3) is 2.93. The van der Waals surface area contributed by atoms with Crippen molar-refractivity contribution in [2.24, 2.45) is 0 Å². The maximum Gasteiger partial charge on any atom is 0.273 e. The van der Waals surface area contributed by atoms with E-state index in [1.54, 1.807) is 35.1 Å². The zero-order chi connectivity index (χ0) is 18.1. The summed E-state index contributed by atoms with van der Waals surface area (Å²) in [5.41, 5.74) is 2.55. The Hall–Kier alpha value is -3.19. The number of rotatable bonds is 4. The Bertz CT molecular complexity index is 1070. The first-order valence-electron chi connectivity index (χ1n) is 8.18. The molecule has 0 atom stereocenters. The fourth-order valence-electron chi connectivity index (χ4n) is 2.75. The van der Waals surface area contributed by atoms with Gasteiger partial charge in [-0.3, -0.25) is 9.48 Å². The molecule has 0 aliphatic rings. The third-order valence-corrected chi connectivity index (χ3v) is 5.10. The summed E-state index contributed by atoms with van der Waals surface area (Å²) >= 11 is 1.50. The minimum absolute atomic E-state index is 0.126. The SMILES string of the molecule is CCn1nccc1C(=O)Nc1ccc(O)c(-c2nc3ccccc3s2)c1. The molecule has 4 rings (SSSR count). The monoisotopic (exact) mass is 364 g/mol. The van der Waals surface area contributed by atoms with Gasteiger partial charge in [0.05, 0.1) is 15.8 Å². The molecule has 0 radical (unpaired) electrons. The van der Waals surface area contributed by atoms with E-state index >= 15 is 0 Å². The van der Waals surface area contributed by atoms with Crippen molar-refractivity contribution in [3.05, 3.63) is 60.4 Å². The standard InChI is InChI=1S/C19H16N4O2S/c1-2-23-15(9-10-20-23)18(25)21-12-7-8-16(24)13(11-12)19-22-14-5-3-4-6-17(14)26-19/h3-11,24H,2H2,1H3,(H,21,25). The number of carbonyl (C=O) groups is 1. The van der Waals surface area contributed by atoms with Gasteiger partial charge in [0.15, 0.2) is 0 Å². The zero-order valence-electron chi connectivity index (χ0n) is 14.0. The van der Waals surface area contributed by atoms with E-state index in [9.17, 15) is 9.90 Å². The first-order valence-corrected chi connectivity index (χ1v) is 8.99. The van der Waals surface area contributed by atoms with E-state index in [1.165, 1.54) is 11.3 Å². The van der Waals surface area contributed by atoms with Crippen LogP contribution in [0, 0.1) is 0 Å². The van der Waals surface area contributed by atoms with Crippen LogP contribution in [0.15, 0.2) is 54.7 Å². The number of aromatic hydroxyl groups is 1. The molecule has 0 bridgehead atoms. The zero-order valence-corrected chi connectivity index (χ0v) is 14.8. The molecule has 0 aliphatic carbocycles. The fraction of sp³-hybridized carbons (Fsp3) is 0.105. The average molecular weight is 364 g/mol. The van der Waals surface area contributed by atoms with E-state index in [0.29, 0.717) is 28.5 Å². The lowest BCUT2D eigenvalue weighted by Crippen LogP contribution is -2.17. The largest absolute Gasteiger partial charge is 0.507 e. The number of carbonyl (C=O) groups excluding carboxylic acids is 1. The normalized spacial score (nSPS) is 11.0. The van der Waals surface area contributed by atoms with Gasteiger partial charge in [0, 0.05) is 18.4 Å². The number of aromatic nitrogens is 3. The summed E-state index contributed by atoms with van der Waals surface area (Å²) in [6.07, 6.45) is 1.60. The number of fused-ring (bicyclic) bond motifs is 1. The summed E-state index contributed by atoms with van der Waals surface area (Å²) in [5, 5.41) is 17.9. The summed E-state index contributed by atoms with van der Waals surface area (Å²) in [5.74, 6) is -0.119. The molecule has 1 amide bonds. The Morgan fingerprint density at radius 3 is 2.88 bits per heavy atom. The number of hydrogen-bond acceptors (Lipinski definition) is 5. The molecule has 2 heterocycles. The van der Waals surface area contributed by atoms with Crippen molar-refractivity contribution >= 4 is 33.1 Å². The van der Waals surface area contributed by atoms with E-state index < -0.39 is 0 Å². The summed E-state index contributed by atoms with van der Waals surface area (Å²) in [4.78, 5) is 17.1. The van der Waals surface area contributed by atoms with Crippen molar-refractivity contribution in [2.75, 3.05) is 5.32 Å². The number of phenolic OH excluding ortho intramolecular Hbond substituents is 1. The van der Waals surface area contributed by atoms with Crippen molar-refractivity contribution < 1.29 is 9.90 Å². The van der Waals surface area contributed by atoms with Crippen LogP contribution in [0.3, 0.4) is 0 Å². The second kappa shape index (κ2) is 6.61. The number of benzene rings is 2. The Morgan fingerprint density at radius 1 is 1.23 bits per heavy atom. The van der Waals surface area contributed by atoms with Crippen LogP contribution in [0.2, 0.25) is 0 Å². The van der Waals surface area contributed by atoms with Crippen molar-refractivity contribution in [1.29, 1.82) is 0 Å². The molecule has 2 N–H and O–H groups in total. The molecule has 26 heavy (non-hydrogen) atoms. The number of aryl methyl sites for hydroxylation is 1. The van der Waals surface area contributed by atoms with E-state index in [2.05, 4.69) is 15.4 Å². The van der Waals surface area contributed by atoms with Crippen molar-refractivity contribution in [3.63, 3.8) is 0 Å². The Kier molecular flexibility index (Phi) is 4.14. The van der Waals surface area contributed by atoms with E-state index in [1.807, 2.05) is 31.2 Å². The number of anilines is 1. The molecular formula is C19H16N4O2S. The highest BCUT2D eigenvalue weighted by atomic mass is 32.1. The number of thiazole rings is 1. The summed E-state index contributed by atoms with van der Waals surface area (Å²) in [6, 6.07) is 14.4. The van der Waals surface area contributed by atoms with Crippen molar-refractivity contribution in [1.82, 2.24) is 14.8 Å². The molecule has 130 valence electrons. The maximum atomic E-state index is 12.5. The minimum Gasteiger partial charge on any atom is -0.507 e. The quantitative estimate of drug-likeness (QED) is 0.534. The highest BCUT2D eigenvalue weighted by Gasteiger charge is 2.15. The highest BCUT2D eigenvalue weighted by Crippen LogP contribution is 2.36. The van der Waals surface area contributed by atoms with Crippen LogP contribution in [-0.2, 0) is 6.54 Å². The van der Waals surface area contributed by atoms with Gasteiger partial charge < -0.3 is 10.4 Å². The first-order chi connectivity index (χ1) is 12.7. The lowest BCUT2D eigenvalue weighted by atomic mass is 10.2. The molecule has 7 heteroatoms. The second-order valence-electron chi connectivity index (χ2n) is 5.71. The van der Waals surface area contributed by atoms with Crippen LogP contribution >= 0.6 is 11.3 Å². The van der Waals surface area contributed by atoms with E-state index in [0.717, 1.165) is 10.2 Å². The van der Waals surface area contributed by atoms with Gasteiger partial charge in [-0.25, -0.2) is 4.98 Å². The maximum absolute atomic E-state index is 12.5. The van der Waals surface area contributed by atoms with Crippen LogP contribution in [-0.4, -0.2) is 25.8 Å². The van der Waals surface area contributed by atoms with Crippen molar-refractivity contribution in [3.8, 4) is 16.3 Å². The second-order valence-corrected chi connectivity index (χ2v) is 6.74. The molecule has 6 nitrogen and oxygen atoms in total. The predicted molar refractivity (Wildman–Crippen MR) is 103 cm³/mol. The van der Waals surface area contributed by atoms with Crippen LogP contribution in [0.4, 0.5) is 5.69 Å². The fourth-order valence-corrected chi connectivity index (χ4v) is 3.74. The number of nitrogens with one attached hydrogen (secondary N) is 1. The number of nitrogens with zero attached hydrogens (tertiary/aromatic N) is 3. The number of para-hydroxylation sites is 1. The summed E-state index contributed by atoms with van der Waals surface area (Å²) < 4.78 is 2.67. The first kappa shape index (κ1) is 16.3. The number of amides is 1. The predicted octanol–water partition coefficient (Wildman–Crippen LogP) is 4.14. The average Bonchev–Trinajstić information content (AvgIpc) is 3.29. The van der Waals surface area contributed by atoms with Crippen LogP contribution in [0.25, 0.3) is 20.8 Å². The Labute approximate surface area is 153 Å². The molecule has 2 aromatic heterocycles. The van der Waals surface area contributed by atoms with Crippen LogP contribution < -0.4 is 5.32 Å². The third-order valence-electron chi connectivity index (χ3n) is 4.03. The topological polar surface area (TPSA) is 80.0 Å². The molecule has 0 spiro atoms. The van der Waals surface area contributed by atoms with Gasteiger partial charge in [0.1, 0.15) is 16.5 Å². The van der Waals surface area contributed by atoms with Gasteiger partial charge in [-0.2, -0.15) is 5.10 Å². The molecule has 0 unspecified atom stereocenters. The molecule has 0 saturated heterocycles. The molecule has 2 aromatic carbocycles. The minimum atomic E-state index is -0.245. The lowest BCUT2D eigenvalue weighted by molar-refractivity contribution is 0.101. The van der Waals surface area contributed by atoms with Gasteiger partial charge in [-0.1, -0.05) is 12.1 Å². The molecule has 0 saturated carbocycles.